The molecule has 0 amide bonds. The molecule has 0 aliphatic heterocycles. The second-order valence-corrected chi connectivity index (χ2v) is 9.92. The summed E-state index contributed by atoms with van der Waals surface area (Å²) >= 11 is 0. The molecule has 0 aromatic carbocycles. The summed E-state index contributed by atoms with van der Waals surface area (Å²) < 4.78 is 6.02. The SMILES string of the molecule is CCC1=C(O/C=C/CCC(C)CCCC(C)(O)CCCC(C)C(=O)[O-])C(C)C(C)C=C1. The summed E-state index contributed by atoms with van der Waals surface area (Å²) in [6.45, 7) is 12.4. The molecule has 0 saturated heterocycles. The normalized spacial score (nSPS) is 23.1. The highest BCUT2D eigenvalue weighted by Gasteiger charge is 2.22. The molecular weight excluding hydrogens is 388 g/mol. The molecule has 1 aliphatic rings. The van der Waals surface area contributed by atoms with E-state index in [1.54, 1.807) is 6.92 Å². The number of aliphatic hydroxyl groups is 1. The Hall–Kier alpha value is -1.55. The lowest BCUT2D eigenvalue weighted by Gasteiger charge is -2.25. The number of carboxylic acid groups (broad SMARTS) is 1. The van der Waals surface area contributed by atoms with Crippen LogP contribution in [0.2, 0.25) is 0 Å². The first-order chi connectivity index (χ1) is 14.6. The Morgan fingerprint density at radius 3 is 2.48 bits per heavy atom. The van der Waals surface area contributed by atoms with E-state index in [2.05, 4.69) is 45.9 Å². The van der Waals surface area contributed by atoms with Gasteiger partial charge in [-0.3, -0.25) is 0 Å². The average molecular weight is 434 g/mol. The fraction of sp³-hybridized carbons (Fsp3) is 0.741. The van der Waals surface area contributed by atoms with E-state index in [0.29, 0.717) is 37.0 Å². The predicted octanol–water partition coefficient (Wildman–Crippen LogP) is 5.92. The number of ether oxygens (including phenoxy) is 1. The van der Waals surface area contributed by atoms with Crippen LogP contribution in [0.15, 0.2) is 35.8 Å². The van der Waals surface area contributed by atoms with Crippen LogP contribution < -0.4 is 5.11 Å². The van der Waals surface area contributed by atoms with Crippen LogP contribution in [0.1, 0.15) is 99.3 Å². The monoisotopic (exact) mass is 433 g/mol. The van der Waals surface area contributed by atoms with Crippen LogP contribution >= 0.6 is 0 Å². The fourth-order valence-corrected chi connectivity index (χ4v) is 4.10. The molecule has 0 aromatic rings. The molecule has 5 unspecified atom stereocenters. The van der Waals surface area contributed by atoms with Gasteiger partial charge in [-0.25, -0.2) is 0 Å². The van der Waals surface area contributed by atoms with Gasteiger partial charge in [0.05, 0.1) is 11.9 Å². The smallest absolute Gasteiger partial charge is 0.110 e. The van der Waals surface area contributed by atoms with Gasteiger partial charge in [0.2, 0.25) is 0 Å². The minimum atomic E-state index is -1.00. The molecule has 0 radical (unpaired) electrons. The summed E-state index contributed by atoms with van der Waals surface area (Å²) in [7, 11) is 0. The zero-order chi connectivity index (χ0) is 23.4. The number of rotatable bonds is 15. The summed E-state index contributed by atoms with van der Waals surface area (Å²) in [5, 5.41) is 21.3. The maximum Gasteiger partial charge on any atom is 0.110 e. The quantitative estimate of drug-likeness (QED) is 0.326. The summed E-state index contributed by atoms with van der Waals surface area (Å²) in [5.74, 6) is 1.18. The standard InChI is InChI=1S/C27H46O4/c1-7-24-16-15-21(3)23(5)25(24)31-19-9-8-12-20(2)13-10-17-27(6,30)18-11-14-22(4)26(28)29/h9,15-16,19-23,30H,7-8,10-14,17-18H2,1-6H3,(H,28,29)/p-1/b19-9+. The van der Waals surface area contributed by atoms with Gasteiger partial charge in [-0.15, -0.1) is 0 Å². The van der Waals surface area contributed by atoms with Crippen molar-refractivity contribution < 1.29 is 19.7 Å². The Morgan fingerprint density at radius 2 is 1.87 bits per heavy atom. The van der Waals surface area contributed by atoms with Gasteiger partial charge in [0.15, 0.2) is 0 Å². The Morgan fingerprint density at radius 1 is 1.23 bits per heavy atom. The van der Waals surface area contributed by atoms with Crippen LogP contribution in [0, 0.1) is 23.7 Å². The van der Waals surface area contributed by atoms with Gasteiger partial charge in [0, 0.05) is 11.9 Å². The van der Waals surface area contributed by atoms with Crippen molar-refractivity contribution in [3.05, 3.63) is 35.8 Å². The lowest BCUT2D eigenvalue weighted by molar-refractivity contribution is -0.311. The van der Waals surface area contributed by atoms with Crippen molar-refractivity contribution in [2.45, 2.75) is 105 Å². The number of hydrogen-bond donors (Lipinski definition) is 1. The largest absolute Gasteiger partial charge is 0.550 e. The number of aliphatic carboxylic acids is 1. The van der Waals surface area contributed by atoms with Crippen LogP contribution in [0.25, 0.3) is 0 Å². The summed E-state index contributed by atoms with van der Waals surface area (Å²) in [4.78, 5) is 10.8. The molecule has 0 bridgehead atoms. The van der Waals surface area contributed by atoms with Crippen molar-refractivity contribution in [1.29, 1.82) is 0 Å². The van der Waals surface area contributed by atoms with Crippen LogP contribution in [0.4, 0.5) is 0 Å². The van der Waals surface area contributed by atoms with E-state index >= 15 is 0 Å². The van der Waals surface area contributed by atoms with Crippen molar-refractivity contribution in [3.63, 3.8) is 0 Å². The number of hydrogen-bond acceptors (Lipinski definition) is 4. The van der Waals surface area contributed by atoms with Gasteiger partial charge < -0.3 is 19.7 Å². The van der Waals surface area contributed by atoms with E-state index in [4.69, 9.17) is 4.74 Å². The van der Waals surface area contributed by atoms with E-state index in [1.807, 2.05) is 13.2 Å². The molecule has 4 nitrogen and oxygen atoms in total. The van der Waals surface area contributed by atoms with Crippen LogP contribution in [0.5, 0.6) is 0 Å². The topological polar surface area (TPSA) is 69.6 Å². The number of carboxylic acids is 1. The Balaban J connectivity index is 2.25. The lowest BCUT2D eigenvalue weighted by Crippen LogP contribution is -2.30. The van der Waals surface area contributed by atoms with Gasteiger partial charge in [-0.2, -0.15) is 0 Å². The molecule has 4 heteroatoms. The number of carbonyl (C=O) groups is 1. The summed E-state index contributed by atoms with van der Waals surface area (Å²) in [6.07, 6.45) is 16.3. The third-order valence-corrected chi connectivity index (χ3v) is 6.79. The Bertz CT molecular complexity index is 629. The first kappa shape index (κ1) is 27.5. The lowest BCUT2D eigenvalue weighted by atomic mass is 9.86. The van der Waals surface area contributed by atoms with Gasteiger partial charge >= 0.3 is 0 Å². The molecule has 31 heavy (non-hydrogen) atoms. The molecule has 0 aromatic heterocycles. The van der Waals surface area contributed by atoms with Crippen LogP contribution in [-0.4, -0.2) is 16.7 Å². The van der Waals surface area contributed by atoms with E-state index in [1.165, 1.54) is 5.57 Å². The van der Waals surface area contributed by atoms with Crippen molar-refractivity contribution in [3.8, 4) is 0 Å². The average Bonchev–Trinajstić information content (AvgIpc) is 2.70. The molecular formula is C27H45O4-. The minimum Gasteiger partial charge on any atom is -0.550 e. The molecule has 0 fully saturated rings. The maximum absolute atomic E-state index is 10.8. The van der Waals surface area contributed by atoms with Crippen molar-refractivity contribution in [2.75, 3.05) is 0 Å². The van der Waals surface area contributed by atoms with E-state index in [9.17, 15) is 15.0 Å². The molecule has 0 heterocycles. The predicted molar refractivity (Wildman–Crippen MR) is 126 cm³/mol. The van der Waals surface area contributed by atoms with E-state index in [0.717, 1.165) is 44.3 Å². The van der Waals surface area contributed by atoms with E-state index in [-0.39, 0.29) is 0 Å². The first-order valence-electron chi connectivity index (χ1n) is 12.2. The minimum absolute atomic E-state index is 0.417. The Kier molecular flexibility index (Phi) is 12.2. The Labute approximate surface area is 190 Å². The molecule has 1 aliphatic carbocycles. The molecule has 178 valence electrons. The summed E-state index contributed by atoms with van der Waals surface area (Å²) in [5.41, 5.74) is 0.580. The van der Waals surface area contributed by atoms with Crippen LogP contribution in [-0.2, 0) is 9.53 Å². The third-order valence-electron chi connectivity index (χ3n) is 6.79. The van der Waals surface area contributed by atoms with Crippen molar-refractivity contribution >= 4 is 5.97 Å². The second kappa shape index (κ2) is 13.8. The fourth-order valence-electron chi connectivity index (χ4n) is 4.10. The molecule has 0 saturated carbocycles. The second-order valence-electron chi connectivity index (χ2n) is 9.92. The zero-order valence-electron chi connectivity index (χ0n) is 20.7. The highest BCUT2D eigenvalue weighted by Crippen LogP contribution is 2.32. The zero-order valence-corrected chi connectivity index (χ0v) is 20.7. The van der Waals surface area contributed by atoms with E-state index < -0.39 is 17.5 Å². The first-order valence-corrected chi connectivity index (χ1v) is 12.2. The van der Waals surface area contributed by atoms with Crippen molar-refractivity contribution in [2.24, 2.45) is 23.7 Å². The van der Waals surface area contributed by atoms with Gasteiger partial charge in [0.25, 0.3) is 0 Å². The van der Waals surface area contributed by atoms with Gasteiger partial charge in [0.1, 0.15) is 5.76 Å². The van der Waals surface area contributed by atoms with Gasteiger partial charge in [-0.1, -0.05) is 59.6 Å². The van der Waals surface area contributed by atoms with Gasteiger partial charge in [-0.05, 0) is 81.3 Å². The molecule has 5 atom stereocenters. The highest BCUT2D eigenvalue weighted by molar-refractivity contribution is 5.66. The maximum atomic E-state index is 10.8. The molecule has 1 N–H and O–H groups in total. The summed E-state index contributed by atoms with van der Waals surface area (Å²) in [6, 6.07) is 0. The van der Waals surface area contributed by atoms with Crippen LogP contribution in [0.3, 0.4) is 0 Å². The number of allylic oxidation sites excluding steroid dienone is 5. The highest BCUT2D eigenvalue weighted by atomic mass is 16.5. The molecule has 1 rings (SSSR count). The third kappa shape index (κ3) is 10.5. The molecule has 0 spiro atoms. The van der Waals surface area contributed by atoms with Crippen molar-refractivity contribution in [1.82, 2.24) is 0 Å². The number of carbonyl (C=O) groups excluding carboxylic acids is 1.